The molecule has 0 radical (unpaired) electrons. The van der Waals surface area contributed by atoms with Gasteiger partial charge in [0.05, 0.1) is 12.6 Å². The smallest absolute Gasteiger partial charge is 0.140 e. The lowest BCUT2D eigenvalue weighted by atomic mass is 10.4. The summed E-state index contributed by atoms with van der Waals surface area (Å²) in [6.45, 7) is -0.176. The first-order chi connectivity index (χ1) is 3.85. The van der Waals surface area contributed by atoms with Crippen LogP contribution in [0, 0.1) is 0 Å². The van der Waals surface area contributed by atoms with Crippen LogP contribution in [0.15, 0.2) is 0 Å². The summed E-state index contributed by atoms with van der Waals surface area (Å²) in [5, 5.41) is 8.32. The van der Waals surface area contributed by atoms with Crippen LogP contribution in [0.2, 0.25) is 0 Å². The predicted octanol–water partition coefficient (Wildman–Crippen LogP) is -1.73. The molecule has 3 N–H and O–H groups in total. The molecule has 0 aromatic carbocycles. The van der Waals surface area contributed by atoms with Crippen LogP contribution in [0.5, 0.6) is 0 Å². The van der Waals surface area contributed by atoms with E-state index in [4.69, 9.17) is 5.11 Å². The Kier molecular flexibility index (Phi) is 4.44. The van der Waals surface area contributed by atoms with Crippen molar-refractivity contribution in [2.24, 2.45) is 0 Å². The minimum absolute atomic E-state index is 0.176. The van der Waals surface area contributed by atoms with Crippen molar-refractivity contribution in [3.05, 3.63) is 0 Å². The zero-order valence-electron chi connectivity index (χ0n) is 4.72. The topological polar surface area (TPSA) is 61.4 Å². The third kappa shape index (κ3) is 2.68. The second kappa shape index (κ2) is 4.70. The quantitative estimate of drug-likeness (QED) is 0.303. The molecule has 0 rings (SSSR count). The zero-order chi connectivity index (χ0) is 6.41. The van der Waals surface area contributed by atoms with Crippen molar-refractivity contribution in [3.63, 3.8) is 0 Å². The van der Waals surface area contributed by atoms with Gasteiger partial charge in [0.15, 0.2) is 0 Å². The first-order valence-corrected chi connectivity index (χ1v) is 2.33. The molecule has 4 nitrogen and oxygen atoms in total. The van der Waals surface area contributed by atoms with Crippen LogP contribution in [0.1, 0.15) is 0 Å². The molecule has 0 aliphatic rings. The highest BCUT2D eigenvalue weighted by Gasteiger charge is 1.99. The van der Waals surface area contributed by atoms with Gasteiger partial charge in [-0.25, -0.2) is 5.43 Å². The van der Waals surface area contributed by atoms with Crippen LogP contribution in [-0.2, 0) is 4.79 Å². The summed E-state index contributed by atoms with van der Waals surface area (Å²) in [4.78, 5) is 9.86. The van der Waals surface area contributed by atoms with Crippen LogP contribution in [-0.4, -0.2) is 31.1 Å². The molecule has 0 saturated heterocycles. The van der Waals surface area contributed by atoms with Crippen LogP contribution in [0.3, 0.4) is 0 Å². The van der Waals surface area contributed by atoms with E-state index in [1.807, 2.05) is 0 Å². The summed E-state index contributed by atoms with van der Waals surface area (Å²) in [5.41, 5.74) is 5.04. The molecule has 0 aliphatic heterocycles. The molecule has 4 heteroatoms. The van der Waals surface area contributed by atoms with Crippen molar-refractivity contribution in [2.45, 2.75) is 6.04 Å². The molecule has 0 bridgehead atoms. The van der Waals surface area contributed by atoms with Gasteiger partial charge in [-0.1, -0.05) is 0 Å². The average molecular weight is 118 g/mol. The standard InChI is InChI=1S/C4H10N2O2/c1-5-6-4(2-7)3-8/h2,4-6,8H,3H2,1H3. The molecule has 1 atom stereocenters. The fourth-order valence-corrected chi connectivity index (χ4v) is 0.308. The Hall–Kier alpha value is -0.450. The molecule has 0 amide bonds. The number of aldehydes is 1. The molecular weight excluding hydrogens is 108 g/mol. The Morgan fingerprint density at radius 1 is 1.88 bits per heavy atom. The van der Waals surface area contributed by atoms with Crippen LogP contribution < -0.4 is 10.9 Å². The summed E-state index contributed by atoms with van der Waals surface area (Å²) in [7, 11) is 1.63. The van der Waals surface area contributed by atoms with Gasteiger partial charge in [0.25, 0.3) is 0 Å². The van der Waals surface area contributed by atoms with E-state index in [9.17, 15) is 4.79 Å². The van der Waals surface area contributed by atoms with Gasteiger partial charge in [0, 0.05) is 0 Å². The Labute approximate surface area is 47.9 Å². The van der Waals surface area contributed by atoms with Crippen LogP contribution >= 0.6 is 0 Å². The summed E-state index contributed by atoms with van der Waals surface area (Å²) in [6, 6.07) is -0.486. The van der Waals surface area contributed by atoms with Gasteiger partial charge in [0.1, 0.15) is 6.29 Å². The highest BCUT2D eigenvalue weighted by Crippen LogP contribution is 1.67. The largest absolute Gasteiger partial charge is 0.394 e. The molecular formula is C4H10N2O2. The lowest BCUT2D eigenvalue weighted by molar-refractivity contribution is -0.110. The van der Waals surface area contributed by atoms with Gasteiger partial charge < -0.3 is 9.90 Å². The molecule has 0 saturated carbocycles. The highest BCUT2D eigenvalue weighted by atomic mass is 16.3. The van der Waals surface area contributed by atoms with Gasteiger partial charge >= 0.3 is 0 Å². The Morgan fingerprint density at radius 3 is 2.62 bits per heavy atom. The second-order valence-electron chi connectivity index (χ2n) is 1.32. The van der Waals surface area contributed by atoms with Crippen molar-refractivity contribution >= 4 is 6.29 Å². The molecule has 0 heterocycles. The Bertz CT molecular complexity index is 67.1. The Morgan fingerprint density at radius 2 is 2.50 bits per heavy atom. The van der Waals surface area contributed by atoms with Crippen molar-refractivity contribution in [3.8, 4) is 0 Å². The highest BCUT2D eigenvalue weighted by molar-refractivity contribution is 5.57. The number of hydrogen-bond acceptors (Lipinski definition) is 4. The molecule has 48 valence electrons. The lowest BCUT2D eigenvalue weighted by Crippen LogP contribution is -2.41. The number of nitrogens with one attached hydrogen (secondary N) is 2. The number of hydrazine groups is 1. The van der Waals surface area contributed by atoms with E-state index >= 15 is 0 Å². The van der Waals surface area contributed by atoms with Crippen LogP contribution in [0.4, 0.5) is 0 Å². The maximum Gasteiger partial charge on any atom is 0.140 e. The molecule has 0 aliphatic carbocycles. The number of hydrogen-bond donors (Lipinski definition) is 3. The van der Waals surface area contributed by atoms with Crippen LogP contribution in [0.25, 0.3) is 0 Å². The molecule has 0 spiro atoms. The summed E-state index contributed by atoms with van der Waals surface area (Å²) >= 11 is 0. The molecule has 0 aromatic heterocycles. The zero-order valence-corrected chi connectivity index (χ0v) is 4.72. The molecule has 1 unspecified atom stereocenters. The first-order valence-electron chi connectivity index (χ1n) is 2.33. The van der Waals surface area contributed by atoms with Gasteiger partial charge in [0.2, 0.25) is 0 Å². The fraction of sp³-hybridized carbons (Fsp3) is 0.750. The number of carbonyl (C=O) groups is 1. The minimum atomic E-state index is -0.486. The fourth-order valence-electron chi connectivity index (χ4n) is 0.308. The monoisotopic (exact) mass is 118 g/mol. The molecule has 0 fully saturated rings. The van der Waals surface area contributed by atoms with Crippen molar-refractivity contribution < 1.29 is 9.90 Å². The van der Waals surface area contributed by atoms with Gasteiger partial charge in [-0.15, -0.1) is 0 Å². The molecule has 0 aromatic rings. The summed E-state index contributed by atoms with van der Waals surface area (Å²) < 4.78 is 0. The number of aliphatic hydroxyl groups is 1. The minimum Gasteiger partial charge on any atom is -0.394 e. The van der Waals surface area contributed by atoms with Gasteiger partial charge in [-0.3, -0.25) is 5.43 Å². The summed E-state index contributed by atoms with van der Waals surface area (Å²) in [6.07, 6.45) is 0.635. The lowest BCUT2D eigenvalue weighted by Gasteiger charge is -2.05. The van der Waals surface area contributed by atoms with E-state index < -0.39 is 6.04 Å². The maximum atomic E-state index is 9.86. The number of aliphatic hydroxyl groups excluding tert-OH is 1. The second-order valence-corrected chi connectivity index (χ2v) is 1.32. The van der Waals surface area contributed by atoms with E-state index in [1.165, 1.54) is 0 Å². The van der Waals surface area contributed by atoms with Crippen molar-refractivity contribution in [2.75, 3.05) is 13.7 Å². The van der Waals surface area contributed by atoms with Crippen molar-refractivity contribution in [1.82, 2.24) is 10.9 Å². The summed E-state index contributed by atoms with van der Waals surface area (Å²) in [5.74, 6) is 0. The Balaban J connectivity index is 3.21. The predicted molar refractivity (Wildman–Crippen MR) is 29.1 cm³/mol. The third-order valence-electron chi connectivity index (χ3n) is 0.691. The van der Waals surface area contributed by atoms with Crippen molar-refractivity contribution in [1.29, 1.82) is 0 Å². The number of carbonyl (C=O) groups excluding carboxylic acids is 1. The first kappa shape index (κ1) is 7.55. The average Bonchev–Trinajstić information content (AvgIpc) is 1.83. The molecule has 8 heavy (non-hydrogen) atoms. The van der Waals surface area contributed by atoms with E-state index in [0.29, 0.717) is 6.29 Å². The normalized spacial score (nSPS) is 13.2. The SMILES string of the molecule is CNNC(C=O)CO. The number of rotatable bonds is 4. The van der Waals surface area contributed by atoms with Gasteiger partial charge in [-0.2, -0.15) is 0 Å². The third-order valence-corrected chi connectivity index (χ3v) is 0.691. The maximum absolute atomic E-state index is 9.86. The van der Waals surface area contributed by atoms with E-state index in [0.717, 1.165) is 0 Å². The van der Waals surface area contributed by atoms with E-state index in [-0.39, 0.29) is 6.61 Å². The van der Waals surface area contributed by atoms with E-state index in [2.05, 4.69) is 10.9 Å². The van der Waals surface area contributed by atoms with Gasteiger partial charge in [-0.05, 0) is 7.05 Å². The van der Waals surface area contributed by atoms with E-state index in [1.54, 1.807) is 7.05 Å².